The van der Waals surface area contributed by atoms with Gasteiger partial charge in [-0.25, -0.2) is 0 Å². The minimum atomic E-state index is -0.0564. The van der Waals surface area contributed by atoms with E-state index < -0.39 is 0 Å². The van der Waals surface area contributed by atoms with E-state index in [0.717, 1.165) is 11.4 Å². The fourth-order valence-corrected chi connectivity index (χ4v) is 2.78. The van der Waals surface area contributed by atoms with Gasteiger partial charge >= 0.3 is 120 Å². The van der Waals surface area contributed by atoms with Gasteiger partial charge in [-0.1, -0.05) is 0 Å². The van der Waals surface area contributed by atoms with Crippen molar-refractivity contribution in [1.82, 2.24) is 12.3 Å². The van der Waals surface area contributed by atoms with Gasteiger partial charge in [-0.3, -0.25) is 0 Å². The summed E-state index contributed by atoms with van der Waals surface area (Å²) in [6.45, 7) is 0.529. The fourth-order valence-electron chi connectivity index (χ4n) is 1.86. The molecule has 3 rings (SSSR count). The van der Waals surface area contributed by atoms with Gasteiger partial charge < -0.3 is 0 Å². The topological polar surface area (TPSA) is 60.2 Å². The van der Waals surface area contributed by atoms with E-state index in [1.807, 2.05) is 8.57 Å². The minimum absolute atomic E-state index is 0.0564. The molecule has 0 N–H and O–H groups in total. The van der Waals surface area contributed by atoms with Gasteiger partial charge in [-0.15, -0.1) is 0 Å². The fraction of sp³-hybridized carbons (Fsp3) is 0.182. The number of anilines is 1. The van der Waals surface area contributed by atoms with Gasteiger partial charge in [-0.2, -0.15) is 0 Å². The summed E-state index contributed by atoms with van der Waals surface area (Å²) in [6, 6.07) is 1.78. The van der Waals surface area contributed by atoms with Crippen LogP contribution < -0.4 is 9.64 Å². The molecule has 7 heteroatoms. The molecule has 0 atom stereocenters. The standard InChI is InChI=1S/C11H9N4O2.Tl/c16-11-6-17-10-4-12-2-1-9(10)15(11)5-8-3-13-7-14-8;/h1-4,7H,5-6H2;/q-1;+1. The molecule has 0 spiro atoms. The summed E-state index contributed by atoms with van der Waals surface area (Å²) in [6.07, 6.45) is 7.04. The van der Waals surface area contributed by atoms with E-state index in [0.29, 0.717) is 38.4 Å². The predicted molar refractivity (Wildman–Crippen MR) is 64.3 cm³/mol. The van der Waals surface area contributed by atoms with E-state index in [1.165, 1.54) is 0 Å². The van der Waals surface area contributed by atoms with Crippen molar-refractivity contribution in [3.05, 3.63) is 36.7 Å². The van der Waals surface area contributed by atoms with Gasteiger partial charge in [0.15, 0.2) is 0 Å². The van der Waals surface area contributed by atoms with Crippen LogP contribution in [0.5, 0.6) is 5.75 Å². The number of hydrogen-bond acceptors (Lipinski definition) is 4. The molecule has 6 nitrogen and oxygen atoms in total. The van der Waals surface area contributed by atoms with Crippen LogP contribution in [-0.4, -0.2) is 50.9 Å². The Hall–Kier alpha value is -1.45. The number of rotatable bonds is 2. The molecule has 0 bridgehead atoms. The summed E-state index contributed by atoms with van der Waals surface area (Å²) in [4.78, 5) is 21.9. The maximum absolute atomic E-state index is 11.9. The van der Waals surface area contributed by atoms with Crippen molar-refractivity contribution in [1.29, 1.82) is 0 Å². The van der Waals surface area contributed by atoms with Gasteiger partial charge in [0.25, 0.3) is 0 Å². The number of carbonyl (C=O) groups excluding carboxylic acids is 1. The number of aromatic nitrogens is 3. The Morgan fingerprint density at radius 1 is 1.50 bits per heavy atom. The monoisotopic (exact) mass is 434 g/mol. The Balaban J connectivity index is 1.93. The molecule has 1 aliphatic rings. The SMILES string of the molecule is O=C1COc2cnccc2N1Cc1c[n]([Tl])cn1. The third-order valence-electron chi connectivity index (χ3n) is 2.68. The Labute approximate surface area is 120 Å². The van der Waals surface area contributed by atoms with Gasteiger partial charge in [0, 0.05) is 0 Å². The number of ether oxygens (including phenoxy) is 1. The van der Waals surface area contributed by atoms with Crippen molar-refractivity contribution in [2.45, 2.75) is 6.54 Å². The molecule has 2 aromatic rings. The van der Waals surface area contributed by atoms with Crippen LogP contribution in [0.15, 0.2) is 31.0 Å². The van der Waals surface area contributed by atoms with Crippen LogP contribution in [0, 0.1) is 0 Å². The van der Waals surface area contributed by atoms with Gasteiger partial charge in [0.05, 0.1) is 0 Å². The molecule has 1 aliphatic heterocycles. The van der Waals surface area contributed by atoms with Gasteiger partial charge in [0.1, 0.15) is 0 Å². The number of fused-ring (bicyclic) bond motifs is 1. The van der Waals surface area contributed by atoms with Crippen molar-refractivity contribution < 1.29 is 9.53 Å². The maximum atomic E-state index is 11.9. The third kappa shape index (κ3) is 2.11. The number of amides is 1. The van der Waals surface area contributed by atoms with Crippen molar-refractivity contribution in [2.75, 3.05) is 11.5 Å². The summed E-state index contributed by atoms with van der Waals surface area (Å²) >= 11 is 0.688. The van der Waals surface area contributed by atoms with Crippen LogP contribution >= 0.6 is 0 Å². The van der Waals surface area contributed by atoms with Crippen molar-refractivity contribution >= 4 is 37.7 Å². The molecule has 0 aromatic carbocycles. The Morgan fingerprint density at radius 3 is 3.17 bits per heavy atom. The second-order valence-corrected chi connectivity index (χ2v) is 6.24. The van der Waals surface area contributed by atoms with Crippen LogP contribution in [0.2, 0.25) is 0 Å². The second-order valence-electron chi connectivity index (χ2n) is 3.92. The third-order valence-corrected chi connectivity index (χ3v) is 3.78. The Morgan fingerprint density at radius 2 is 2.39 bits per heavy atom. The second kappa shape index (κ2) is 4.67. The molecular weight excluding hydrogens is 425 g/mol. The molecule has 1 amide bonds. The van der Waals surface area contributed by atoms with E-state index in [-0.39, 0.29) is 12.5 Å². The van der Waals surface area contributed by atoms with Crippen molar-refractivity contribution in [3.63, 3.8) is 0 Å². The molecule has 2 aromatic heterocycles. The van der Waals surface area contributed by atoms with Crippen LogP contribution in [-0.2, 0) is 11.3 Å². The molecule has 0 unspecified atom stereocenters. The first kappa shape index (κ1) is 11.6. The van der Waals surface area contributed by atoms with Crippen molar-refractivity contribution in [3.8, 4) is 5.75 Å². The molecule has 0 saturated heterocycles. The zero-order chi connectivity index (χ0) is 12.5. The Kier molecular flexibility index (Phi) is 3.02. The van der Waals surface area contributed by atoms with Crippen LogP contribution in [0.3, 0.4) is 0 Å². The van der Waals surface area contributed by atoms with E-state index in [4.69, 9.17) is 4.74 Å². The molecule has 0 fully saturated rings. The van der Waals surface area contributed by atoms with Crippen LogP contribution in [0.4, 0.5) is 5.69 Å². The molecular formula is C11H9N4O2Tl. The quantitative estimate of drug-likeness (QED) is 0.632. The normalized spacial score (nSPS) is 14.2. The number of hydrogen-bond donors (Lipinski definition) is 0. The molecule has 88 valence electrons. The predicted octanol–water partition coefficient (Wildman–Crippen LogP) is 0.135. The average molecular weight is 434 g/mol. The molecule has 0 saturated carbocycles. The molecule has 0 radical (unpaired) electrons. The number of nitrogens with zero attached hydrogens (tertiary/aromatic N) is 4. The summed E-state index contributed by atoms with van der Waals surface area (Å²) in [5, 5.41) is 0. The zero-order valence-electron chi connectivity index (χ0n) is 9.48. The first-order valence-corrected chi connectivity index (χ1v) is 7.40. The first-order valence-electron chi connectivity index (χ1n) is 5.39. The van der Waals surface area contributed by atoms with Gasteiger partial charge in [0.2, 0.25) is 0 Å². The van der Waals surface area contributed by atoms with E-state index in [2.05, 4.69) is 9.97 Å². The number of carbonyl (C=O) groups is 1. The molecule has 3 heterocycles. The first-order chi connectivity index (χ1) is 8.74. The molecule has 0 aliphatic carbocycles. The van der Waals surface area contributed by atoms with Crippen molar-refractivity contribution in [2.24, 2.45) is 0 Å². The Bertz CT molecular complexity index is 598. The molecule has 18 heavy (non-hydrogen) atoms. The number of imidazole rings is 1. The zero-order valence-corrected chi connectivity index (χ0v) is 14.0. The summed E-state index contributed by atoms with van der Waals surface area (Å²) in [5.74, 6) is 0.586. The summed E-state index contributed by atoms with van der Waals surface area (Å²) in [7, 11) is 0. The van der Waals surface area contributed by atoms with E-state index >= 15 is 0 Å². The van der Waals surface area contributed by atoms with E-state index in [9.17, 15) is 4.79 Å². The summed E-state index contributed by atoms with van der Waals surface area (Å²) in [5.41, 5.74) is 1.64. The van der Waals surface area contributed by atoms with Crippen LogP contribution in [0.1, 0.15) is 5.69 Å². The average Bonchev–Trinajstić information content (AvgIpc) is 2.79. The van der Waals surface area contributed by atoms with E-state index in [1.54, 1.807) is 29.7 Å². The van der Waals surface area contributed by atoms with Crippen LogP contribution in [0.25, 0.3) is 0 Å². The summed E-state index contributed by atoms with van der Waals surface area (Å²) < 4.78 is 7.36. The number of pyridine rings is 1. The van der Waals surface area contributed by atoms with Gasteiger partial charge in [-0.05, 0) is 0 Å².